The number of nitrogens with one attached hydrogen (secondary N) is 1. The Morgan fingerprint density at radius 3 is 2.53 bits per heavy atom. The molecule has 1 rings (SSSR count). The van der Waals surface area contributed by atoms with E-state index in [0.29, 0.717) is 24.7 Å². The first-order valence-electron chi connectivity index (χ1n) is 6.30. The van der Waals surface area contributed by atoms with Gasteiger partial charge in [-0.05, 0) is 39.4 Å². The van der Waals surface area contributed by atoms with Gasteiger partial charge in [0.15, 0.2) is 0 Å². The van der Waals surface area contributed by atoms with E-state index in [4.69, 9.17) is 5.73 Å². The predicted molar refractivity (Wildman–Crippen MR) is 78.5 cm³/mol. The zero-order valence-corrected chi connectivity index (χ0v) is 12.8. The van der Waals surface area contributed by atoms with E-state index in [2.05, 4.69) is 23.5 Å². The summed E-state index contributed by atoms with van der Waals surface area (Å²) in [6.07, 6.45) is 0. The Morgan fingerprint density at radius 1 is 1.37 bits per heavy atom. The van der Waals surface area contributed by atoms with Gasteiger partial charge in [-0.3, -0.25) is 0 Å². The Hall–Kier alpha value is -1.11. The summed E-state index contributed by atoms with van der Waals surface area (Å²) in [6, 6.07) is 5.47. The maximum atomic E-state index is 12.2. The van der Waals surface area contributed by atoms with Crippen LogP contribution >= 0.6 is 0 Å². The van der Waals surface area contributed by atoms with Crippen LogP contribution in [0.3, 0.4) is 0 Å². The van der Waals surface area contributed by atoms with Crippen molar-refractivity contribution in [1.82, 2.24) is 9.62 Å². The molecular formula is C13H23N3O2S. The minimum absolute atomic E-state index is 0.183. The summed E-state index contributed by atoms with van der Waals surface area (Å²) < 4.78 is 27.0. The molecule has 108 valence electrons. The van der Waals surface area contributed by atoms with Crippen molar-refractivity contribution in [2.24, 2.45) is 0 Å². The lowest BCUT2D eigenvalue weighted by atomic mass is 10.2. The maximum absolute atomic E-state index is 12.2. The van der Waals surface area contributed by atoms with E-state index < -0.39 is 10.0 Å². The number of anilines is 1. The van der Waals surface area contributed by atoms with Gasteiger partial charge in [0, 0.05) is 19.1 Å². The Kier molecular flexibility index (Phi) is 5.34. The number of likely N-dealkylation sites (N-methyl/N-ethyl adjacent to an activating group) is 1. The molecular weight excluding hydrogens is 262 g/mol. The molecule has 0 radical (unpaired) electrons. The number of hydrogen-bond acceptors (Lipinski definition) is 4. The van der Waals surface area contributed by atoms with Crippen LogP contribution < -0.4 is 10.5 Å². The highest BCUT2D eigenvalue weighted by atomic mass is 32.2. The van der Waals surface area contributed by atoms with E-state index in [9.17, 15) is 8.42 Å². The molecule has 0 heterocycles. The Labute approximate surface area is 115 Å². The lowest BCUT2D eigenvalue weighted by molar-refractivity contribution is 0.278. The van der Waals surface area contributed by atoms with E-state index >= 15 is 0 Å². The minimum Gasteiger partial charge on any atom is -0.398 e. The topological polar surface area (TPSA) is 75.4 Å². The monoisotopic (exact) mass is 285 g/mol. The molecule has 6 heteroatoms. The minimum atomic E-state index is -3.54. The van der Waals surface area contributed by atoms with Crippen LogP contribution in [0.1, 0.15) is 19.4 Å². The maximum Gasteiger partial charge on any atom is 0.242 e. The molecule has 1 aromatic rings. The second-order valence-electron chi connectivity index (χ2n) is 4.97. The van der Waals surface area contributed by atoms with Crippen molar-refractivity contribution in [3.8, 4) is 0 Å². The van der Waals surface area contributed by atoms with Crippen LogP contribution in [0.5, 0.6) is 0 Å². The highest BCUT2D eigenvalue weighted by Crippen LogP contribution is 2.21. The van der Waals surface area contributed by atoms with Gasteiger partial charge >= 0.3 is 0 Å². The first-order valence-corrected chi connectivity index (χ1v) is 7.79. The van der Waals surface area contributed by atoms with Crippen LogP contribution in [0.25, 0.3) is 0 Å². The van der Waals surface area contributed by atoms with Gasteiger partial charge in [0.05, 0.1) is 5.69 Å². The fourth-order valence-electron chi connectivity index (χ4n) is 1.73. The molecule has 0 aliphatic rings. The molecule has 0 atom stereocenters. The summed E-state index contributed by atoms with van der Waals surface area (Å²) in [7, 11) is -1.59. The molecule has 0 amide bonds. The molecule has 5 nitrogen and oxygen atoms in total. The Bertz CT molecular complexity index is 506. The van der Waals surface area contributed by atoms with Crippen molar-refractivity contribution < 1.29 is 8.42 Å². The fourth-order valence-corrected chi connectivity index (χ4v) is 3.10. The van der Waals surface area contributed by atoms with Crippen LogP contribution in [0.2, 0.25) is 0 Å². The third-order valence-electron chi connectivity index (χ3n) is 3.15. The number of benzene rings is 1. The number of hydrogen-bond donors (Lipinski definition) is 2. The van der Waals surface area contributed by atoms with Crippen LogP contribution in [-0.4, -0.2) is 39.5 Å². The number of nitrogens with zero attached hydrogens (tertiary/aromatic N) is 1. The molecule has 3 N–H and O–H groups in total. The van der Waals surface area contributed by atoms with E-state index in [1.807, 2.05) is 7.05 Å². The summed E-state index contributed by atoms with van der Waals surface area (Å²) in [5.41, 5.74) is 6.70. The molecule has 1 aromatic carbocycles. The molecule has 0 spiro atoms. The van der Waals surface area contributed by atoms with Crippen LogP contribution in [0, 0.1) is 6.92 Å². The van der Waals surface area contributed by atoms with E-state index in [1.54, 1.807) is 25.1 Å². The quantitative estimate of drug-likeness (QED) is 0.770. The molecule has 0 aromatic heterocycles. The summed E-state index contributed by atoms with van der Waals surface area (Å²) in [5, 5.41) is 0. The first-order chi connectivity index (χ1) is 8.75. The standard InChI is InChI=1S/C13H23N3O2S/c1-10(2)16(4)9-8-15-19(17,18)13-11(3)6-5-7-12(13)14/h5-7,10,15H,8-9,14H2,1-4H3. The van der Waals surface area contributed by atoms with E-state index in [0.717, 1.165) is 0 Å². The second kappa shape index (κ2) is 6.36. The number of nitrogen functional groups attached to an aromatic ring is 1. The molecule has 0 unspecified atom stereocenters. The van der Waals surface area contributed by atoms with Gasteiger partial charge in [0.25, 0.3) is 0 Å². The number of sulfonamides is 1. The summed E-state index contributed by atoms with van der Waals surface area (Å²) in [6.45, 7) is 6.89. The van der Waals surface area contributed by atoms with Gasteiger partial charge in [0.2, 0.25) is 10.0 Å². The number of rotatable bonds is 6. The average molecular weight is 285 g/mol. The van der Waals surface area contributed by atoms with Crippen LogP contribution in [0.4, 0.5) is 5.69 Å². The fraction of sp³-hybridized carbons (Fsp3) is 0.538. The zero-order chi connectivity index (χ0) is 14.6. The molecule has 0 saturated heterocycles. The Balaban J connectivity index is 2.77. The first kappa shape index (κ1) is 15.9. The van der Waals surface area contributed by atoms with Gasteiger partial charge in [-0.15, -0.1) is 0 Å². The summed E-state index contributed by atoms with van der Waals surface area (Å²) >= 11 is 0. The molecule has 0 aliphatic heterocycles. The van der Waals surface area contributed by atoms with Gasteiger partial charge in [-0.25, -0.2) is 13.1 Å². The molecule has 0 aliphatic carbocycles. The van der Waals surface area contributed by atoms with Gasteiger partial charge in [0.1, 0.15) is 4.90 Å². The molecule has 0 saturated carbocycles. The van der Waals surface area contributed by atoms with Gasteiger partial charge in [-0.2, -0.15) is 0 Å². The third kappa shape index (κ3) is 4.19. The second-order valence-corrected chi connectivity index (χ2v) is 6.67. The van der Waals surface area contributed by atoms with E-state index in [-0.39, 0.29) is 10.6 Å². The zero-order valence-electron chi connectivity index (χ0n) is 12.0. The average Bonchev–Trinajstić information content (AvgIpc) is 2.27. The third-order valence-corrected chi connectivity index (χ3v) is 4.83. The number of nitrogens with two attached hydrogens (primary N) is 1. The molecule has 0 fully saturated rings. The van der Waals surface area contributed by atoms with Crippen molar-refractivity contribution in [1.29, 1.82) is 0 Å². The SMILES string of the molecule is Cc1cccc(N)c1S(=O)(=O)NCCN(C)C(C)C. The Morgan fingerprint density at radius 2 is 2.00 bits per heavy atom. The molecule has 0 bridgehead atoms. The number of aryl methyl sites for hydroxylation is 1. The van der Waals surface area contributed by atoms with Crippen molar-refractivity contribution in [2.45, 2.75) is 31.7 Å². The smallest absolute Gasteiger partial charge is 0.242 e. The van der Waals surface area contributed by atoms with Crippen molar-refractivity contribution in [2.75, 3.05) is 25.9 Å². The van der Waals surface area contributed by atoms with Crippen LogP contribution in [-0.2, 0) is 10.0 Å². The van der Waals surface area contributed by atoms with Crippen molar-refractivity contribution in [3.05, 3.63) is 23.8 Å². The summed E-state index contributed by atoms with van der Waals surface area (Å²) in [4.78, 5) is 2.26. The van der Waals surface area contributed by atoms with Crippen molar-refractivity contribution >= 4 is 15.7 Å². The summed E-state index contributed by atoms with van der Waals surface area (Å²) in [5.74, 6) is 0. The highest BCUT2D eigenvalue weighted by Gasteiger charge is 2.19. The van der Waals surface area contributed by atoms with E-state index in [1.165, 1.54) is 0 Å². The highest BCUT2D eigenvalue weighted by molar-refractivity contribution is 7.89. The molecule has 19 heavy (non-hydrogen) atoms. The predicted octanol–water partition coefficient (Wildman–Crippen LogP) is 1.20. The lowest BCUT2D eigenvalue weighted by Gasteiger charge is -2.21. The van der Waals surface area contributed by atoms with Crippen LogP contribution in [0.15, 0.2) is 23.1 Å². The largest absolute Gasteiger partial charge is 0.398 e. The van der Waals surface area contributed by atoms with Gasteiger partial charge in [-0.1, -0.05) is 12.1 Å². The van der Waals surface area contributed by atoms with Gasteiger partial charge < -0.3 is 10.6 Å². The lowest BCUT2D eigenvalue weighted by Crippen LogP contribution is -2.36. The van der Waals surface area contributed by atoms with Crippen molar-refractivity contribution in [3.63, 3.8) is 0 Å². The normalized spacial score (nSPS) is 12.3.